The lowest BCUT2D eigenvalue weighted by atomic mass is 10.0. The van der Waals surface area contributed by atoms with Crippen molar-refractivity contribution in [1.29, 1.82) is 0 Å². The molecule has 3 amide bonds. The maximum absolute atomic E-state index is 13.2. The molecule has 2 heterocycles. The minimum atomic E-state index is -0.691. The molecule has 0 saturated heterocycles. The highest BCUT2D eigenvalue weighted by molar-refractivity contribution is 6.30. The monoisotopic (exact) mass is 378 g/mol. The number of urea groups is 1. The second-order valence-corrected chi connectivity index (χ2v) is 6.83. The highest BCUT2D eigenvalue weighted by Gasteiger charge is 2.47. The van der Waals surface area contributed by atoms with E-state index in [0.29, 0.717) is 17.3 Å². The van der Waals surface area contributed by atoms with Gasteiger partial charge in [-0.1, -0.05) is 54.1 Å². The lowest BCUT2D eigenvalue weighted by Gasteiger charge is -2.26. The quantitative estimate of drug-likeness (QED) is 0.765. The molecule has 2 aromatic carbocycles. The zero-order valence-corrected chi connectivity index (χ0v) is 15.2. The van der Waals surface area contributed by atoms with Crippen molar-refractivity contribution in [2.75, 3.05) is 0 Å². The molecule has 0 spiro atoms. The summed E-state index contributed by atoms with van der Waals surface area (Å²) in [5.41, 5.74) is 2.43. The highest BCUT2D eigenvalue weighted by Crippen LogP contribution is 2.20. The molecule has 27 heavy (non-hydrogen) atoms. The van der Waals surface area contributed by atoms with Gasteiger partial charge in [0.15, 0.2) is 0 Å². The minimum Gasteiger partial charge on any atom is -0.269 e. The standard InChI is InChI=1S/C21H17ClN3O2/c22-17-10-8-16(9-11-17)14-25-20(26)19-18(7-4-12-23-19)24(21(25)27)13-15-5-2-1-3-6-15/h1-12,19H,13-14H2/q+1. The number of benzene rings is 2. The van der Waals surface area contributed by atoms with Crippen LogP contribution in [0.15, 0.2) is 71.7 Å². The van der Waals surface area contributed by atoms with E-state index in [9.17, 15) is 9.59 Å². The van der Waals surface area contributed by atoms with Gasteiger partial charge in [0.1, 0.15) is 18.8 Å². The molecular formula is C21H17ClN3O2+. The Bertz CT molecular complexity index is 978. The highest BCUT2D eigenvalue weighted by atomic mass is 35.5. The number of imide groups is 1. The van der Waals surface area contributed by atoms with Crippen LogP contribution in [-0.2, 0) is 17.9 Å². The number of allylic oxidation sites excluding steroid dienone is 1. The zero-order valence-electron chi connectivity index (χ0n) is 14.5. The number of hydrogen-bond donors (Lipinski definition) is 0. The van der Waals surface area contributed by atoms with Crippen LogP contribution in [0.2, 0.25) is 5.02 Å². The van der Waals surface area contributed by atoms with Gasteiger partial charge in [-0.2, -0.15) is 14.3 Å². The molecular weight excluding hydrogens is 362 g/mol. The lowest BCUT2D eigenvalue weighted by Crippen LogP contribution is -2.56. The average molecular weight is 379 g/mol. The number of amides is 3. The summed E-state index contributed by atoms with van der Waals surface area (Å²) in [6.07, 6.45) is 5.14. The molecule has 0 aliphatic carbocycles. The summed E-state index contributed by atoms with van der Waals surface area (Å²) in [4.78, 5) is 31.7. The number of aliphatic imine (C=N–C) groups is 1. The summed E-state index contributed by atoms with van der Waals surface area (Å²) in [6.45, 7) is 0.568. The molecule has 0 saturated carbocycles. The third-order valence-corrected chi connectivity index (χ3v) is 4.83. The van der Waals surface area contributed by atoms with Gasteiger partial charge in [0.25, 0.3) is 0 Å². The molecule has 5 nitrogen and oxygen atoms in total. The number of dihydropyridines is 1. The first-order chi connectivity index (χ1) is 13.1. The third kappa shape index (κ3) is 3.46. The van der Waals surface area contributed by atoms with Crippen LogP contribution in [0, 0.1) is 0 Å². The van der Waals surface area contributed by atoms with Crippen molar-refractivity contribution in [3.05, 3.63) is 82.9 Å². The Hall–Kier alpha value is -3.05. The fourth-order valence-corrected chi connectivity index (χ4v) is 3.34. The topological polar surface area (TPSA) is 52.8 Å². The molecule has 134 valence electrons. The Kier molecular flexibility index (Phi) is 4.69. The smallest absolute Gasteiger partial charge is 0.269 e. The van der Waals surface area contributed by atoms with Crippen LogP contribution >= 0.6 is 11.6 Å². The van der Waals surface area contributed by atoms with E-state index in [2.05, 4.69) is 4.99 Å². The number of carbonyl (C=O) groups excluding carboxylic acids is 2. The van der Waals surface area contributed by atoms with Gasteiger partial charge in [-0.15, -0.1) is 0 Å². The number of halogens is 1. The number of fused-ring (bicyclic) bond motifs is 1. The fraction of sp³-hybridized carbons (Fsp3) is 0.143. The van der Waals surface area contributed by atoms with Gasteiger partial charge in [0.2, 0.25) is 6.04 Å². The largest absolute Gasteiger partial charge is 0.501 e. The van der Waals surface area contributed by atoms with Crippen LogP contribution < -0.4 is 0 Å². The minimum absolute atomic E-state index is 0.184. The van der Waals surface area contributed by atoms with E-state index < -0.39 is 6.04 Å². The SMILES string of the molecule is O=C1C2N=CC=CC2=[N+](Cc2ccccc2)C(=O)N1Cc1ccc(Cl)cc1. The molecule has 1 atom stereocenters. The Morgan fingerprint density at radius 2 is 1.74 bits per heavy atom. The average Bonchev–Trinajstić information content (AvgIpc) is 2.71. The first-order valence-electron chi connectivity index (χ1n) is 8.61. The molecule has 0 aromatic heterocycles. The molecule has 0 fully saturated rings. The molecule has 4 rings (SSSR count). The maximum atomic E-state index is 13.2. The summed E-state index contributed by atoms with van der Waals surface area (Å²) >= 11 is 5.93. The first-order valence-corrected chi connectivity index (χ1v) is 8.99. The summed E-state index contributed by atoms with van der Waals surface area (Å²) in [5, 5.41) is 0.610. The van der Waals surface area contributed by atoms with E-state index in [1.54, 1.807) is 35.1 Å². The van der Waals surface area contributed by atoms with Crippen molar-refractivity contribution < 1.29 is 14.2 Å². The van der Waals surface area contributed by atoms with Gasteiger partial charge in [-0.25, -0.2) is 4.79 Å². The maximum Gasteiger partial charge on any atom is 0.501 e. The molecule has 1 unspecified atom stereocenters. The third-order valence-electron chi connectivity index (χ3n) is 4.58. The van der Waals surface area contributed by atoms with E-state index >= 15 is 0 Å². The molecule has 0 radical (unpaired) electrons. The summed E-state index contributed by atoms with van der Waals surface area (Å²) in [6, 6.07) is 15.8. The Morgan fingerprint density at radius 1 is 1.00 bits per heavy atom. The molecule has 0 bridgehead atoms. The van der Waals surface area contributed by atoms with Crippen LogP contribution in [0.4, 0.5) is 4.79 Å². The van der Waals surface area contributed by atoms with Crippen LogP contribution in [-0.4, -0.2) is 39.4 Å². The van der Waals surface area contributed by atoms with Gasteiger partial charge in [0, 0.05) is 11.2 Å². The normalized spacial score (nSPS) is 18.9. The van der Waals surface area contributed by atoms with Gasteiger partial charge < -0.3 is 0 Å². The zero-order chi connectivity index (χ0) is 18.8. The van der Waals surface area contributed by atoms with E-state index in [4.69, 9.17) is 11.6 Å². The Labute approximate surface area is 161 Å². The van der Waals surface area contributed by atoms with Crippen molar-refractivity contribution in [3.63, 3.8) is 0 Å². The van der Waals surface area contributed by atoms with Crippen LogP contribution in [0.25, 0.3) is 0 Å². The summed E-state index contributed by atoms with van der Waals surface area (Å²) < 4.78 is 1.63. The number of hydrogen-bond acceptors (Lipinski definition) is 3. The first kappa shape index (κ1) is 17.4. The molecule has 0 N–H and O–H groups in total. The Balaban J connectivity index is 1.70. The van der Waals surface area contributed by atoms with Crippen LogP contribution in [0.1, 0.15) is 11.1 Å². The van der Waals surface area contributed by atoms with E-state index in [0.717, 1.165) is 11.1 Å². The van der Waals surface area contributed by atoms with Gasteiger partial charge in [-0.3, -0.25) is 4.99 Å². The van der Waals surface area contributed by atoms with Gasteiger partial charge in [0.05, 0.1) is 0 Å². The number of rotatable bonds is 4. The summed E-state index contributed by atoms with van der Waals surface area (Å²) in [7, 11) is 0. The van der Waals surface area contributed by atoms with Crippen LogP contribution in [0.5, 0.6) is 0 Å². The van der Waals surface area contributed by atoms with Crippen molar-refractivity contribution in [2.45, 2.75) is 19.1 Å². The lowest BCUT2D eigenvalue weighted by molar-refractivity contribution is -0.455. The summed E-state index contributed by atoms with van der Waals surface area (Å²) in [5.74, 6) is -0.310. The van der Waals surface area contributed by atoms with Crippen molar-refractivity contribution >= 4 is 35.5 Å². The molecule has 2 aliphatic heterocycles. The van der Waals surface area contributed by atoms with Crippen molar-refractivity contribution in [3.8, 4) is 0 Å². The second-order valence-electron chi connectivity index (χ2n) is 6.39. The predicted octanol–water partition coefficient (Wildman–Crippen LogP) is 3.47. The fourth-order valence-electron chi connectivity index (χ4n) is 3.21. The van der Waals surface area contributed by atoms with E-state index in [1.165, 1.54) is 4.90 Å². The van der Waals surface area contributed by atoms with E-state index in [1.807, 2.05) is 42.5 Å². The van der Waals surface area contributed by atoms with Gasteiger partial charge in [-0.05, 0) is 35.4 Å². The second kappa shape index (κ2) is 7.29. The van der Waals surface area contributed by atoms with E-state index in [-0.39, 0.29) is 18.5 Å². The van der Waals surface area contributed by atoms with Gasteiger partial charge >= 0.3 is 11.9 Å². The predicted molar refractivity (Wildman–Crippen MR) is 104 cm³/mol. The molecule has 6 heteroatoms. The van der Waals surface area contributed by atoms with Crippen molar-refractivity contribution in [2.24, 2.45) is 4.99 Å². The number of nitrogens with zero attached hydrogens (tertiary/aromatic N) is 3. The molecule has 2 aromatic rings. The van der Waals surface area contributed by atoms with Crippen LogP contribution in [0.3, 0.4) is 0 Å². The molecule has 2 aliphatic rings. The Morgan fingerprint density at radius 3 is 2.48 bits per heavy atom. The van der Waals surface area contributed by atoms with Crippen molar-refractivity contribution in [1.82, 2.24) is 4.90 Å². The number of carbonyl (C=O) groups is 2.